The van der Waals surface area contributed by atoms with Crippen LogP contribution in [-0.2, 0) is 0 Å². The highest BCUT2D eigenvalue weighted by molar-refractivity contribution is 5.92. The fraction of sp³-hybridized carbons (Fsp3) is 0.375. The molecular formula is C16H20N4O2. The van der Waals surface area contributed by atoms with Gasteiger partial charge in [-0.3, -0.25) is 9.78 Å². The molecule has 1 N–H and O–H groups in total. The molecule has 2 aromatic heterocycles. The van der Waals surface area contributed by atoms with Gasteiger partial charge >= 0.3 is 0 Å². The zero-order valence-corrected chi connectivity index (χ0v) is 12.8. The van der Waals surface area contributed by atoms with E-state index in [-0.39, 0.29) is 11.8 Å². The molecule has 0 aromatic carbocycles. The number of nitrogens with zero attached hydrogens (tertiary/aromatic N) is 3. The van der Waals surface area contributed by atoms with Gasteiger partial charge in [0.15, 0.2) is 0 Å². The Bertz CT molecular complexity index is 602. The third-order valence-electron chi connectivity index (χ3n) is 2.93. The van der Waals surface area contributed by atoms with Gasteiger partial charge in [-0.05, 0) is 24.6 Å². The molecule has 6 nitrogen and oxygen atoms in total. The predicted molar refractivity (Wildman–Crippen MR) is 82.8 cm³/mol. The summed E-state index contributed by atoms with van der Waals surface area (Å²) in [4.78, 5) is 24.4. The minimum absolute atomic E-state index is 0.189. The molecule has 0 saturated carbocycles. The summed E-state index contributed by atoms with van der Waals surface area (Å²) in [6.07, 6.45) is 5.68. The molecule has 0 aliphatic heterocycles. The minimum atomic E-state index is -0.189. The van der Waals surface area contributed by atoms with Crippen molar-refractivity contribution in [3.05, 3.63) is 48.3 Å². The number of nitrogens with one attached hydrogen (secondary N) is 1. The molecule has 0 aliphatic carbocycles. The summed E-state index contributed by atoms with van der Waals surface area (Å²) in [6.45, 7) is 5.03. The van der Waals surface area contributed by atoms with E-state index in [1.165, 1.54) is 0 Å². The second kappa shape index (κ2) is 8.07. The third kappa shape index (κ3) is 4.80. The summed E-state index contributed by atoms with van der Waals surface area (Å²) >= 11 is 0. The average Bonchev–Trinajstić information content (AvgIpc) is 2.55. The largest absolute Gasteiger partial charge is 0.492 e. The highest BCUT2D eigenvalue weighted by Crippen LogP contribution is 2.08. The molecule has 0 unspecified atom stereocenters. The van der Waals surface area contributed by atoms with Crippen molar-refractivity contribution in [3.8, 4) is 5.75 Å². The lowest BCUT2D eigenvalue weighted by atomic mass is 10.2. The first-order chi connectivity index (χ1) is 10.7. The van der Waals surface area contributed by atoms with Crippen LogP contribution in [0.3, 0.4) is 0 Å². The van der Waals surface area contributed by atoms with Gasteiger partial charge in [0.1, 0.15) is 17.3 Å². The molecule has 2 heterocycles. The standard InChI is InChI=1S/C16H20N4O2/c1-12(2)15-18-9-6-14(20-15)16(21)19-8-4-10-22-13-5-3-7-17-11-13/h3,5-7,9,11-12H,4,8,10H2,1-2H3,(H,19,21). The van der Waals surface area contributed by atoms with Crippen LogP contribution in [0.2, 0.25) is 0 Å². The summed E-state index contributed by atoms with van der Waals surface area (Å²) in [5.41, 5.74) is 0.395. The van der Waals surface area contributed by atoms with E-state index in [0.29, 0.717) is 31.1 Å². The first kappa shape index (κ1) is 15.9. The van der Waals surface area contributed by atoms with Gasteiger partial charge in [0.2, 0.25) is 0 Å². The Hall–Kier alpha value is -2.50. The van der Waals surface area contributed by atoms with Crippen LogP contribution < -0.4 is 10.1 Å². The zero-order valence-electron chi connectivity index (χ0n) is 12.8. The van der Waals surface area contributed by atoms with Gasteiger partial charge in [0, 0.05) is 24.9 Å². The van der Waals surface area contributed by atoms with E-state index in [0.717, 1.165) is 5.75 Å². The minimum Gasteiger partial charge on any atom is -0.492 e. The van der Waals surface area contributed by atoms with E-state index in [4.69, 9.17) is 4.74 Å². The molecule has 0 saturated heterocycles. The molecule has 0 radical (unpaired) electrons. The molecule has 2 aromatic rings. The van der Waals surface area contributed by atoms with Crippen LogP contribution in [-0.4, -0.2) is 34.0 Å². The van der Waals surface area contributed by atoms with Crippen molar-refractivity contribution < 1.29 is 9.53 Å². The fourth-order valence-electron chi connectivity index (χ4n) is 1.77. The number of amides is 1. The Kier molecular flexibility index (Phi) is 5.82. The summed E-state index contributed by atoms with van der Waals surface area (Å²) in [5, 5.41) is 2.83. The van der Waals surface area contributed by atoms with Gasteiger partial charge in [-0.1, -0.05) is 13.8 Å². The Morgan fingerprint density at radius 1 is 1.32 bits per heavy atom. The molecular weight excluding hydrogens is 280 g/mol. The van der Waals surface area contributed by atoms with Gasteiger partial charge in [-0.25, -0.2) is 9.97 Å². The maximum absolute atomic E-state index is 12.0. The van der Waals surface area contributed by atoms with Gasteiger partial charge in [-0.2, -0.15) is 0 Å². The Morgan fingerprint density at radius 2 is 2.18 bits per heavy atom. The summed E-state index contributed by atoms with van der Waals surface area (Å²) < 4.78 is 5.50. The fourth-order valence-corrected chi connectivity index (χ4v) is 1.77. The number of rotatable bonds is 7. The molecule has 22 heavy (non-hydrogen) atoms. The van der Waals surface area contributed by atoms with Crippen molar-refractivity contribution in [1.29, 1.82) is 0 Å². The summed E-state index contributed by atoms with van der Waals surface area (Å²) in [7, 11) is 0. The topological polar surface area (TPSA) is 77.0 Å². The maximum Gasteiger partial charge on any atom is 0.270 e. The van der Waals surface area contributed by atoms with Crippen molar-refractivity contribution in [3.63, 3.8) is 0 Å². The summed E-state index contributed by atoms with van der Waals surface area (Å²) in [5.74, 6) is 1.41. The highest BCUT2D eigenvalue weighted by Gasteiger charge is 2.09. The lowest BCUT2D eigenvalue weighted by Crippen LogP contribution is -2.26. The average molecular weight is 300 g/mol. The zero-order chi connectivity index (χ0) is 15.8. The highest BCUT2D eigenvalue weighted by atomic mass is 16.5. The Labute approximate surface area is 130 Å². The van der Waals surface area contributed by atoms with Crippen LogP contribution in [0.4, 0.5) is 0 Å². The molecule has 0 bridgehead atoms. The van der Waals surface area contributed by atoms with Crippen molar-refractivity contribution in [2.75, 3.05) is 13.2 Å². The van der Waals surface area contributed by atoms with Crippen molar-refractivity contribution in [2.24, 2.45) is 0 Å². The molecule has 0 fully saturated rings. The van der Waals surface area contributed by atoms with Crippen LogP contribution in [0.25, 0.3) is 0 Å². The van der Waals surface area contributed by atoms with Crippen LogP contribution in [0.1, 0.15) is 42.5 Å². The van der Waals surface area contributed by atoms with Crippen LogP contribution in [0, 0.1) is 0 Å². The lowest BCUT2D eigenvalue weighted by molar-refractivity contribution is 0.0946. The number of hydrogen-bond acceptors (Lipinski definition) is 5. The predicted octanol–water partition coefficient (Wildman–Crippen LogP) is 2.19. The number of ether oxygens (including phenoxy) is 1. The first-order valence-corrected chi connectivity index (χ1v) is 7.31. The van der Waals surface area contributed by atoms with Gasteiger partial charge in [0.05, 0.1) is 12.8 Å². The smallest absolute Gasteiger partial charge is 0.270 e. The monoisotopic (exact) mass is 300 g/mol. The van der Waals surface area contributed by atoms with Gasteiger partial charge in [-0.15, -0.1) is 0 Å². The normalized spacial score (nSPS) is 10.5. The van der Waals surface area contributed by atoms with Crippen LogP contribution in [0.5, 0.6) is 5.75 Å². The van der Waals surface area contributed by atoms with Crippen molar-refractivity contribution >= 4 is 5.91 Å². The summed E-state index contributed by atoms with van der Waals surface area (Å²) in [6, 6.07) is 5.28. The second-order valence-corrected chi connectivity index (χ2v) is 5.10. The number of hydrogen-bond donors (Lipinski definition) is 1. The molecule has 2 rings (SSSR count). The lowest BCUT2D eigenvalue weighted by Gasteiger charge is -2.08. The molecule has 0 spiro atoms. The van der Waals surface area contributed by atoms with E-state index >= 15 is 0 Å². The van der Waals surface area contributed by atoms with Crippen molar-refractivity contribution in [1.82, 2.24) is 20.3 Å². The molecule has 6 heteroatoms. The van der Waals surface area contributed by atoms with Crippen LogP contribution in [0.15, 0.2) is 36.8 Å². The number of aromatic nitrogens is 3. The molecule has 0 aliphatic rings. The third-order valence-corrected chi connectivity index (χ3v) is 2.93. The SMILES string of the molecule is CC(C)c1nccc(C(=O)NCCCOc2cccnc2)n1. The number of pyridine rings is 1. The van der Waals surface area contributed by atoms with Crippen LogP contribution >= 0.6 is 0 Å². The number of carbonyl (C=O) groups is 1. The maximum atomic E-state index is 12.0. The van der Waals surface area contributed by atoms with E-state index in [1.807, 2.05) is 26.0 Å². The Balaban J connectivity index is 1.73. The van der Waals surface area contributed by atoms with E-state index < -0.39 is 0 Å². The van der Waals surface area contributed by atoms with E-state index in [9.17, 15) is 4.79 Å². The number of carbonyl (C=O) groups excluding carboxylic acids is 1. The van der Waals surface area contributed by atoms with E-state index in [1.54, 1.807) is 24.7 Å². The molecule has 0 atom stereocenters. The van der Waals surface area contributed by atoms with E-state index in [2.05, 4.69) is 20.3 Å². The van der Waals surface area contributed by atoms with Crippen molar-refractivity contribution in [2.45, 2.75) is 26.2 Å². The Morgan fingerprint density at radius 3 is 2.91 bits per heavy atom. The second-order valence-electron chi connectivity index (χ2n) is 5.10. The molecule has 1 amide bonds. The quantitative estimate of drug-likeness (QED) is 0.793. The van der Waals surface area contributed by atoms with Gasteiger partial charge in [0.25, 0.3) is 5.91 Å². The molecule has 116 valence electrons. The first-order valence-electron chi connectivity index (χ1n) is 7.31. The van der Waals surface area contributed by atoms with Gasteiger partial charge < -0.3 is 10.1 Å².